The second-order valence-corrected chi connectivity index (χ2v) is 5.16. The van der Waals surface area contributed by atoms with Gasteiger partial charge in [-0.3, -0.25) is 9.59 Å². The highest BCUT2D eigenvalue weighted by atomic mass is 35.5. The summed E-state index contributed by atoms with van der Waals surface area (Å²) < 4.78 is 4.89. The highest BCUT2D eigenvalue weighted by Crippen LogP contribution is 2.12. The van der Waals surface area contributed by atoms with Gasteiger partial charge >= 0.3 is 5.97 Å². The number of carbonyl (C=O) groups excluding carboxylic acids is 2. The molecular formula is C15H20ClNO3. The summed E-state index contributed by atoms with van der Waals surface area (Å²) in [5.41, 5.74) is 0.869. The average molecular weight is 298 g/mol. The van der Waals surface area contributed by atoms with Gasteiger partial charge in [-0.2, -0.15) is 0 Å². The average Bonchev–Trinajstić information content (AvgIpc) is 2.38. The fourth-order valence-corrected chi connectivity index (χ4v) is 1.91. The van der Waals surface area contributed by atoms with Gasteiger partial charge in [-0.1, -0.05) is 23.7 Å². The summed E-state index contributed by atoms with van der Waals surface area (Å²) in [6.45, 7) is 5.79. The van der Waals surface area contributed by atoms with Crippen LogP contribution in [0.2, 0.25) is 5.02 Å². The topological polar surface area (TPSA) is 46.6 Å². The second kappa shape index (κ2) is 7.90. The summed E-state index contributed by atoms with van der Waals surface area (Å²) >= 11 is 5.81. The van der Waals surface area contributed by atoms with E-state index in [0.717, 1.165) is 5.56 Å². The van der Waals surface area contributed by atoms with Gasteiger partial charge in [0, 0.05) is 11.1 Å². The zero-order valence-corrected chi connectivity index (χ0v) is 12.8. The van der Waals surface area contributed by atoms with Crippen molar-refractivity contribution in [1.82, 2.24) is 4.90 Å². The fraction of sp³-hybridized carbons (Fsp3) is 0.467. The largest absolute Gasteiger partial charge is 0.465 e. The molecule has 0 saturated heterocycles. The van der Waals surface area contributed by atoms with E-state index in [9.17, 15) is 9.59 Å². The van der Waals surface area contributed by atoms with E-state index in [2.05, 4.69) is 0 Å². The molecule has 0 aliphatic rings. The van der Waals surface area contributed by atoms with Crippen molar-refractivity contribution in [3.8, 4) is 0 Å². The minimum Gasteiger partial charge on any atom is -0.465 e. The van der Waals surface area contributed by atoms with Crippen LogP contribution in [-0.2, 0) is 20.7 Å². The molecule has 0 N–H and O–H groups in total. The molecule has 1 aromatic carbocycles. The molecule has 0 radical (unpaired) electrons. The molecule has 0 aliphatic carbocycles. The number of carbonyl (C=O) groups is 2. The minimum absolute atomic E-state index is 0.0159. The molecule has 0 aliphatic heterocycles. The van der Waals surface area contributed by atoms with Gasteiger partial charge in [0.25, 0.3) is 0 Å². The van der Waals surface area contributed by atoms with Crippen LogP contribution in [0, 0.1) is 0 Å². The number of halogens is 1. The molecule has 20 heavy (non-hydrogen) atoms. The van der Waals surface area contributed by atoms with Crippen LogP contribution in [0.15, 0.2) is 24.3 Å². The Balaban J connectivity index is 2.69. The van der Waals surface area contributed by atoms with E-state index in [-0.39, 0.29) is 30.9 Å². The smallest absolute Gasteiger partial charge is 0.325 e. The SMILES string of the molecule is CCOC(=O)CN(C(=O)Cc1ccc(Cl)cc1)C(C)C. The van der Waals surface area contributed by atoms with Crippen molar-refractivity contribution in [1.29, 1.82) is 0 Å². The maximum Gasteiger partial charge on any atom is 0.325 e. The highest BCUT2D eigenvalue weighted by Gasteiger charge is 2.20. The maximum absolute atomic E-state index is 12.3. The summed E-state index contributed by atoms with van der Waals surface area (Å²) in [6.07, 6.45) is 0.245. The van der Waals surface area contributed by atoms with E-state index >= 15 is 0 Å². The van der Waals surface area contributed by atoms with Crippen molar-refractivity contribution in [2.24, 2.45) is 0 Å². The molecule has 0 atom stereocenters. The van der Waals surface area contributed by atoms with Crippen LogP contribution in [0.5, 0.6) is 0 Å². The molecule has 110 valence electrons. The van der Waals surface area contributed by atoms with Crippen molar-refractivity contribution >= 4 is 23.5 Å². The Bertz CT molecular complexity index is 457. The summed E-state index contributed by atoms with van der Waals surface area (Å²) in [4.78, 5) is 25.3. The van der Waals surface area contributed by atoms with Crippen molar-refractivity contribution in [3.05, 3.63) is 34.9 Å². The first-order valence-electron chi connectivity index (χ1n) is 6.63. The van der Waals surface area contributed by atoms with E-state index in [0.29, 0.717) is 11.6 Å². The van der Waals surface area contributed by atoms with Gasteiger partial charge in [-0.15, -0.1) is 0 Å². The summed E-state index contributed by atoms with van der Waals surface area (Å²) in [5.74, 6) is -0.485. The lowest BCUT2D eigenvalue weighted by molar-refractivity contribution is -0.149. The summed E-state index contributed by atoms with van der Waals surface area (Å²) in [6, 6.07) is 7.05. The van der Waals surface area contributed by atoms with Crippen molar-refractivity contribution in [2.75, 3.05) is 13.2 Å². The van der Waals surface area contributed by atoms with Crippen LogP contribution in [0.3, 0.4) is 0 Å². The fourth-order valence-electron chi connectivity index (χ4n) is 1.78. The van der Waals surface area contributed by atoms with Crippen LogP contribution in [-0.4, -0.2) is 36.0 Å². The molecule has 0 spiro atoms. The number of rotatable bonds is 6. The molecular weight excluding hydrogens is 278 g/mol. The Kier molecular flexibility index (Phi) is 6.52. The van der Waals surface area contributed by atoms with Crippen LogP contribution in [0.25, 0.3) is 0 Å². The summed E-state index contributed by atoms with van der Waals surface area (Å²) in [5, 5.41) is 0.633. The van der Waals surface area contributed by atoms with Gasteiger partial charge in [0.15, 0.2) is 0 Å². The quantitative estimate of drug-likeness (QED) is 0.759. The van der Waals surface area contributed by atoms with E-state index in [1.54, 1.807) is 19.1 Å². The second-order valence-electron chi connectivity index (χ2n) is 4.72. The Morgan fingerprint density at radius 2 is 1.85 bits per heavy atom. The van der Waals surface area contributed by atoms with Gasteiger partial charge < -0.3 is 9.64 Å². The molecule has 0 heterocycles. The third-order valence-electron chi connectivity index (χ3n) is 2.82. The molecule has 0 saturated carbocycles. The highest BCUT2D eigenvalue weighted by molar-refractivity contribution is 6.30. The number of esters is 1. The Morgan fingerprint density at radius 1 is 1.25 bits per heavy atom. The monoisotopic (exact) mass is 297 g/mol. The van der Waals surface area contributed by atoms with Crippen LogP contribution in [0.4, 0.5) is 0 Å². The van der Waals surface area contributed by atoms with Crippen molar-refractivity contribution in [3.63, 3.8) is 0 Å². The first-order chi connectivity index (χ1) is 9.43. The van der Waals surface area contributed by atoms with Gasteiger partial charge in [0.2, 0.25) is 5.91 Å². The molecule has 1 aromatic rings. The Morgan fingerprint density at radius 3 is 2.35 bits per heavy atom. The van der Waals surface area contributed by atoms with E-state index < -0.39 is 0 Å². The van der Waals surface area contributed by atoms with Crippen LogP contribution < -0.4 is 0 Å². The number of hydrogen-bond donors (Lipinski definition) is 0. The molecule has 1 rings (SSSR count). The number of hydrogen-bond acceptors (Lipinski definition) is 3. The number of ether oxygens (including phenoxy) is 1. The lowest BCUT2D eigenvalue weighted by Gasteiger charge is -2.25. The third-order valence-corrected chi connectivity index (χ3v) is 3.07. The maximum atomic E-state index is 12.3. The van der Waals surface area contributed by atoms with Gasteiger partial charge in [0.1, 0.15) is 6.54 Å². The number of benzene rings is 1. The first-order valence-corrected chi connectivity index (χ1v) is 7.01. The molecule has 0 aromatic heterocycles. The predicted octanol–water partition coefficient (Wildman–Crippen LogP) is 2.68. The van der Waals surface area contributed by atoms with E-state index in [4.69, 9.17) is 16.3 Å². The van der Waals surface area contributed by atoms with Crippen molar-refractivity contribution < 1.29 is 14.3 Å². The van der Waals surface area contributed by atoms with Crippen LogP contribution in [0.1, 0.15) is 26.3 Å². The zero-order valence-electron chi connectivity index (χ0n) is 12.1. The van der Waals surface area contributed by atoms with Crippen molar-refractivity contribution in [2.45, 2.75) is 33.2 Å². The molecule has 4 nitrogen and oxygen atoms in total. The zero-order chi connectivity index (χ0) is 15.1. The van der Waals surface area contributed by atoms with Crippen LogP contribution >= 0.6 is 11.6 Å². The number of nitrogens with zero attached hydrogens (tertiary/aromatic N) is 1. The third kappa shape index (κ3) is 5.21. The van der Waals surface area contributed by atoms with E-state index in [1.807, 2.05) is 26.0 Å². The normalized spacial score (nSPS) is 10.4. The van der Waals surface area contributed by atoms with Gasteiger partial charge in [-0.25, -0.2) is 0 Å². The summed E-state index contributed by atoms with van der Waals surface area (Å²) in [7, 11) is 0. The first kappa shape index (κ1) is 16.5. The molecule has 5 heteroatoms. The van der Waals surface area contributed by atoms with Gasteiger partial charge in [-0.05, 0) is 38.5 Å². The molecule has 1 amide bonds. The Hall–Kier alpha value is -1.55. The molecule has 0 fully saturated rings. The lowest BCUT2D eigenvalue weighted by atomic mass is 10.1. The molecule has 0 bridgehead atoms. The lowest BCUT2D eigenvalue weighted by Crippen LogP contribution is -2.42. The molecule has 0 unspecified atom stereocenters. The Labute approximate surface area is 124 Å². The standard InChI is InChI=1S/C15H20ClNO3/c1-4-20-15(19)10-17(11(2)3)14(18)9-12-5-7-13(16)8-6-12/h5-8,11H,4,9-10H2,1-3H3. The predicted molar refractivity (Wildman–Crippen MR) is 78.6 cm³/mol. The van der Waals surface area contributed by atoms with E-state index in [1.165, 1.54) is 4.90 Å². The minimum atomic E-state index is -0.384. The van der Waals surface area contributed by atoms with Gasteiger partial charge in [0.05, 0.1) is 13.0 Å². The number of amides is 1.